The minimum Gasteiger partial charge on any atom is -0.420 e. The average Bonchev–Trinajstić information content (AvgIpc) is 2.22. The molecule has 0 saturated heterocycles. The zero-order valence-electron chi connectivity index (χ0n) is 10.0. The van der Waals surface area contributed by atoms with Crippen molar-refractivity contribution in [3.8, 4) is 0 Å². The molecular formula is C11H26O2Si. The van der Waals surface area contributed by atoms with E-state index in [0.29, 0.717) is 6.61 Å². The summed E-state index contributed by atoms with van der Waals surface area (Å²) < 4.78 is 5.65. The van der Waals surface area contributed by atoms with Crippen molar-refractivity contribution in [2.45, 2.75) is 57.7 Å². The van der Waals surface area contributed by atoms with Gasteiger partial charge in [-0.05, 0) is 25.1 Å². The zero-order valence-corrected chi connectivity index (χ0v) is 11.0. The van der Waals surface area contributed by atoms with E-state index in [9.17, 15) is 0 Å². The Labute approximate surface area is 89.8 Å². The van der Waals surface area contributed by atoms with Gasteiger partial charge in [0.15, 0.2) is 8.32 Å². The summed E-state index contributed by atoms with van der Waals surface area (Å²) in [7, 11) is 0.382. The predicted octanol–water partition coefficient (Wildman–Crippen LogP) is 3.17. The summed E-state index contributed by atoms with van der Waals surface area (Å²) in [5.74, 6) is 0. The largest absolute Gasteiger partial charge is 0.420 e. The van der Waals surface area contributed by atoms with Crippen LogP contribution in [-0.2, 0) is 4.43 Å². The Morgan fingerprint density at radius 3 is 2.21 bits per heavy atom. The minimum absolute atomic E-state index is 0.306. The van der Waals surface area contributed by atoms with Crippen molar-refractivity contribution in [1.82, 2.24) is 0 Å². The Hall–Kier alpha value is 0.137. The molecule has 0 aromatic rings. The van der Waals surface area contributed by atoms with Crippen LogP contribution in [0.15, 0.2) is 0 Å². The van der Waals surface area contributed by atoms with E-state index in [1.165, 1.54) is 31.7 Å². The van der Waals surface area contributed by atoms with Gasteiger partial charge in [0.2, 0.25) is 0 Å². The number of rotatable bonds is 9. The second-order valence-corrected chi connectivity index (χ2v) is 8.60. The lowest BCUT2D eigenvalue weighted by Gasteiger charge is -2.25. The van der Waals surface area contributed by atoms with Crippen LogP contribution in [0.2, 0.25) is 18.6 Å². The van der Waals surface area contributed by atoms with Gasteiger partial charge in [0.1, 0.15) is 0 Å². The van der Waals surface area contributed by atoms with Crippen LogP contribution in [-0.4, -0.2) is 27.1 Å². The highest BCUT2D eigenvalue weighted by Gasteiger charge is 2.25. The quantitative estimate of drug-likeness (QED) is 0.476. The second-order valence-electron chi connectivity index (χ2n) is 4.29. The van der Waals surface area contributed by atoms with E-state index in [1.54, 1.807) is 0 Å². The van der Waals surface area contributed by atoms with Gasteiger partial charge in [-0.15, -0.1) is 0 Å². The summed E-state index contributed by atoms with van der Waals surface area (Å²) in [6.45, 7) is 4.83. The Morgan fingerprint density at radius 1 is 1.07 bits per heavy atom. The van der Waals surface area contributed by atoms with Gasteiger partial charge in [0.25, 0.3) is 0 Å². The Balaban J connectivity index is 3.63. The van der Waals surface area contributed by atoms with Crippen LogP contribution < -0.4 is 0 Å². The van der Waals surface area contributed by atoms with Crippen molar-refractivity contribution < 1.29 is 9.53 Å². The molecule has 0 aromatic carbocycles. The molecule has 86 valence electrons. The summed E-state index contributed by atoms with van der Waals surface area (Å²) in [6.07, 6.45) is 6.18. The van der Waals surface area contributed by atoms with Crippen LogP contribution in [0.4, 0.5) is 0 Å². The van der Waals surface area contributed by atoms with Gasteiger partial charge in [-0.2, -0.15) is 0 Å². The van der Waals surface area contributed by atoms with Crippen LogP contribution in [0.5, 0.6) is 0 Å². The first-order chi connectivity index (χ1) is 6.68. The number of aliphatic hydroxyl groups excluding tert-OH is 1. The van der Waals surface area contributed by atoms with E-state index in [4.69, 9.17) is 9.53 Å². The Bertz CT molecular complexity index is 130. The molecule has 0 fully saturated rings. The molecular weight excluding hydrogens is 192 g/mol. The maximum atomic E-state index is 8.80. The van der Waals surface area contributed by atoms with Crippen molar-refractivity contribution in [3.05, 3.63) is 0 Å². The second kappa shape index (κ2) is 8.45. The normalized spacial score (nSPS) is 15.4. The van der Waals surface area contributed by atoms with Crippen molar-refractivity contribution >= 4 is 8.32 Å². The van der Waals surface area contributed by atoms with Crippen molar-refractivity contribution in [1.29, 1.82) is 0 Å². The highest BCUT2D eigenvalue weighted by atomic mass is 28.4. The zero-order chi connectivity index (χ0) is 10.9. The monoisotopic (exact) mass is 218 g/mol. The van der Waals surface area contributed by atoms with Crippen LogP contribution in [0.25, 0.3) is 0 Å². The molecule has 1 N–H and O–H groups in total. The van der Waals surface area contributed by atoms with E-state index >= 15 is 0 Å². The number of aliphatic hydroxyl groups is 1. The lowest BCUT2D eigenvalue weighted by atomic mass is 10.2. The number of hydrogen-bond acceptors (Lipinski definition) is 2. The smallest absolute Gasteiger partial charge is 0.189 e. The lowest BCUT2D eigenvalue weighted by Crippen LogP contribution is -2.32. The molecule has 0 amide bonds. The van der Waals surface area contributed by atoms with Crippen molar-refractivity contribution in [2.24, 2.45) is 0 Å². The van der Waals surface area contributed by atoms with E-state index in [2.05, 4.69) is 13.5 Å². The van der Waals surface area contributed by atoms with Crippen LogP contribution in [0.3, 0.4) is 0 Å². The summed E-state index contributed by atoms with van der Waals surface area (Å²) >= 11 is 0. The fraction of sp³-hybridized carbons (Fsp3) is 1.00. The van der Waals surface area contributed by atoms with Gasteiger partial charge in [-0.1, -0.05) is 32.6 Å². The third-order valence-corrected chi connectivity index (χ3v) is 6.72. The standard InChI is InChI=1S/C11H26O2Si/c1-4-5-6-7-10-14(3,13-2)11-8-9-12/h12H,4-11H2,1-3H3. The summed E-state index contributed by atoms with van der Waals surface area (Å²) in [5.41, 5.74) is 0. The molecule has 0 bridgehead atoms. The maximum Gasteiger partial charge on any atom is 0.189 e. The van der Waals surface area contributed by atoms with Gasteiger partial charge in [-0.3, -0.25) is 0 Å². The summed E-state index contributed by atoms with van der Waals surface area (Å²) in [6, 6.07) is 2.36. The van der Waals surface area contributed by atoms with Gasteiger partial charge >= 0.3 is 0 Å². The molecule has 0 heterocycles. The average molecular weight is 218 g/mol. The Morgan fingerprint density at radius 2 is 1.71 bits per heavy atom. The minimum atomic E-state index is -1.45. The van der Waals surface area contributed by atoms with Gasteiger partial charge < -0.3 is 9.53 Å². The molecule has 0 aliphatic heterocycles. The first kappa shape index (κ1) is 14.1. The molecule has 2 nitrogen and oxygen atoms in total. The molecule has 1 atom stereocenters. The molecule has 14 heavy (non-hydrogen) atoms. The molecule has 0 spiro atoms. The van der Waals surface area contributed by atoms with E-state index in [-0.39, 0.29) is 0 Å². The molecule has 0 saturated carbocycles. The molecule has 1 unspecified atom stereocenters. The molecule has 0 aliphatic rings. The predicted molar refractivity (Wildman–Crippen MR) is 64.1 cm³/mol. The van der Waals surface area contributed by atoms with Crippen LogP contribution in [0, 0.1) is 0 Å². The first-order valence-electron chi connectivity index (χ1n) is 5.84. The molecule has 0 aliphatic carbocycles. The van der Waals surface area contributed by atoms with E-state index in [1.807, 2.05) is 7.11 Å². The summed E-state index contributed by atoms with van der Waals surface area (Å²) in [4.78, 5) is 0. The summed E-state index contributed by atoms with van der Waals surface area (Å²) in [5, 5.41) is 8.80. The highest BCUT2D eigenvalue weighted by Crippen LogP contribution is 2.21. The third kappa shape index (κ3) is 6.57. The Kier molecular flexibility index (Phi) is 8.53. The van der Waals surface area contributed by atoms with Crippen molar-refractivity contribution in [3.63, 3.8) is 0 Å². The van der Waals surface area contributed by atoms with Gasteiger partial charge in [-0.25, -0.2) is 0 Å². The molecule has 0 aromatic heterocycles. The topological polar surface area (TPSA) is 29.5 Å². The van der Waals surface area contributed by atoms with Crippen molar-refractivity contribution in [2.75, 3.05) is 13.7 Å². The molecule has 0 rings (SSSR count). The fourth-order valence-electron chi connectivity index (χ4n) is 1.71. The molecule has 0 radical (unpaired) electrons. The molecule has 3 heteroatoms. The van der Waals surface area contributed by atoms with Crippen LogP contribution >= 0.6 is 0 Å². The van der Waals surface area contributed by atoms with Gasteiger partial charge in [0.05, 0.1) is 0 Å². The first-order valence-corrected chi connectivity index (χ1v) is 8.67. The van der Waals surface area contributed by atoms with Gasteiger partial charge in [0, 0.05) is 13.7 Å². The van der Waals surface area contributed by atoms with E-state index < -0.39 is 8.32 Å². The number of unbranched alkanes of at least 4 members (excludes halogenated alkanes) is 3. The fourth-order valence-corrected chi connectivity index (χ4v) is 4.27. The lowest BCUT2D eigenvalue weighted by molar-refractivity contribution is 0.289. The SMILES string of the molecule is CCCCCC[Si](C)(CCCO)OC. The highest BCUT2D eigenvalue weighted by molar-refractivity contribution is 6.72. The third-order valence-electron chi connectivity index (χ3n) is 2.92. The van der Waals surface area contributed by atoms with Crippen LogP contribution in [0.1, 0.15) is 39.0 Å². The number of hydrogen-bond donors (Lipinski definition) is 1. The maximum absolute atomic E-state index is 8.80. The van der Waals surface area contributed by atoms with E-state index in [0.717, 1.165) is 12.5 Å².